The molecule has 1 aromatic heterocycles. The zero-order valence-corrected chi connectivity index (χ0v) is 21.2. The quantitative estimate of drug-likeness (QED) is 0.218. The van der Waals surface area contributed by atoms with Gasteiger partial charge in [0.25, 0.3) is 11.5 Å². The third kappa shape index (κ3) is 5.79. The van der Waals surface area contributed by atoms with E-state index in [2.05, 4.69) is 17.5 Å². The van der Waals surface area contributed by atoms with E-state index in [-0.39, 0.29) is 11.3 Å². The number of ether oxygens (including phenoxy) is 3. The Morgan fingerprint density at radius 1 is 1.00 bits per heavy atom. The van der Waals surface area contributed by atoms with Crippen LogP contribution in [0, 0.1) is 0 Å². The lowest BCUT2D eigenvalue weighted by Gasteiger charge is -2.14. The molecule has 3 rings (SSSR count). The number of nitrogens with zero attached hydrogens (tertiary/aromatic N) is 2. The molecule has 0 atom stereocenters. The second-order valence-electron chi connectivity index (χ2n) is 8.26. The Labute approximate surface area is 210 Å². The molecule has 0 radical (unpaired) electrons. The van der Waals surface area contributed by atoms with Crippen LogP contribution in [0.2, 0.25) is 0 Å². The van der Waals surface area contributed by atoms with Gasteiger partial charge in [-0.15, -0.1) is 0 Å². The summed E-state index contributed by atoms with van der Waals surface area (Å²) in [4.78, 5) is 26.3. The first-order chi connectivity index (χ1) is 17.5. The number of hydrazone groups is 1. The number of pyridine rings is 1. The first-order valence-electron chi connectivity index (χ1n) is 11.9. The zero-order valence-electron chi connectivity index (χ0n) is 21.2. The Morgan fingerprint density at radius 3 is 2.36 bits per heavy atom. The van der Waals surface area contributed by atoms with Crippen LogP contribution in [-0.2, 0) is 6.54 Å². The molecule has 9 nitrogen and oxygen atoms in total. The van der Waals surface area contributed by atoms with Gasteiger partial charge in [0.05, 0.1) is 33.1 Å². The number of methoxy groups -OCH3 is 3. The van der Waals surface area contributed by atoms with E-state index in [1.165, 1.54) is 27.5 Å². The second kappa shape index (κ2) is 12.6. The third-order valence-corrected chi connectivity index (χ3v) is 5.96. The summed E-state index contributed by atoms with van der Waals surface area (Å²) in [5, 5.41) is 15.2. The number of carbonyl (C=O) groups excluding carboxylic acids is 1. The first-order valence-corrected chi connectivity index (χ1v) is 11.9. The molecular formula is C27H33N3O6. The Balaban J connectivity index is 1.90. The van der Waals surface area contributed by atoms with Gasteiger partial charge in [-0.2, -0.15) is 5.10 Å². The fourth-order valence-electron chi connectivity index (χ4n) is 4.06. The summed E-state index contributed by atoms with van der Waals surface area (Å²) >= 11 is 0. The van der Waals surface area contributed by atoms with E-state index < -0.39 is 11.5 Å². The molecule has 0 aliphatic heterocycles. The van der Waals surface area contributed by atoms with Crippen LogP contribution < -0.4 is 25.2 Å². The third-order valence-electron chi connectivity index (χ3n) is 5.96. The number of unbranched alkanes of at least 4 members (excludes halogenated alkanes) is 4. The van der Waals surface area contributed by atoms with Crippen molar-refractivity contribution in [3.05, 3.63) is 57.9 Å². The molecule has 0 fully saturated rings. The number of fused-ring (bicyclic) bond motifs is 1. The smallest absolute Gasteiger partial charge is 0.280 e. The van der Waals surface area contributed by atoms with Gasteiger partial charge in [-0.3, -0.25) is 9.59 Å². The number of hydrogen-bond acceptors (Lipinski definition) is 7. The molecule has 0 bridgehead atoms. The average molecular weight is 496 g/mol. The highest BCUT2D eigenvalue weighted by molar-refractivity contribution is 6.02. The number of carbonyl (C=O) groups is 1. The van der Waals surface area contributed by atoms with Crippen molar-refractivity contribution in [1.82, 2.24) is 9.99 Å². The molecule has 36 heavy (non-hydrogen) atoms. The summed E-state index contributed by atoms with van der Waals surface area (Å²) in [7, 11) is 4.51. The Bertz CT molecular complexity index is 1300. The van der Waals surface area contributed by atoms with Gasteiger partial charge in [0.1, 0.15) is 17.1 Å². The first kappa shape index (κ1) is 26.6. The van der Waals surface area contributed by atoms with Crippen molar-refractivity contribution in [3.63, 3.8) is 0 Å². The summed E-state index contributed by atoms with van der Waals surface area (Å²) < 4.78 is 17.5. The molecule has 0 spiro atoms. The molecule has 1 amide bonds. The predicted molar refractivity (Wildman–Crippen MR) is 140 cm³/mol. The van der Waals surface area contributed by atoms with Gasteiger partial charge in [-0.1, -0.05) is 44.7 Å². The van der Waals surface area contributed by atoms with Crippen molar-refractivity contribution < 1.29 is 24.1 Å². The van der Waals surface area contributed by atoms with E-state index in [0.717, 1.165) is 32.1 Å². The molecule has 0 unspecified atom stereocenters. The molecule has 192 valence electrons. The van der Waals surface area contributed by atoms with Crippen molar-refractivity contribution in [3.8, 4) is 23.0 Å². The summed E-state index contributed by atoms with van der Waals surface area (Å²) in [6.07, 6.45) is 6.50. The van der Waals surface area contributed by atoms with Crippen molar-refractivity contribution in [2.75, 3.05) is 21.3 Å². The Kier molecular flexibility index (Phi) is 9.32. The minimum absolute atomic E-state index is 0.348. The number of para-hydroxylation sites is 1. The van der Waals surface area contributed by atoms with Gasteiger partial charge in [-0.25, -0.2) is 5.43 Å². The van der Waals surface area contributed by atoms with E-state index in [1.807, 2.05) is 0 Å². The van der Waals surface area contributed by atoms with Crippen LogP contribution in [0.5, 0.6) is 23.0 Å². The highest BCUT2D eigenvalue weighted by Crippen LogP contribution is 2.33. The molecule has 0 aliphatic rings. The van der Waals surface area contributed by atoms with E-state index >= 15 is 0 Å². The molecule has 2 N–H and O–H groups in total. The SMILES string of the molecule is CCCCCCCn1c(=O)c(C(=O)NN=Cc2cc(OC)c(OC)cc2OC)c(O)c2ccccc21. The maximum atomic E-state index is 13.3. The topological polar surface area (TPSA) is 111 Å². The number of aromatic nitrogens is 1. The van der Waals surface area contributed by atoms with E-state index in [1.54, 1.807) is 41.0 Å². The number of hydrogen-bond donors (Lipinski definition) is 2. The fraction of sp³-hybridized carbons (Fsp3) is 0.370. The number of amides is 1. The zero-order chi connectivity index (χ0) is 26.1. The summed E-state index contributed by atoms with van der Waals surface area (Å²) in [5.41, 5.74) is 2.55. The lowest BCUT2D eigenvalue weighted by molar-refractivity contribution is 0.0950. The van der Waals surface area contributed by atoms with E-state index in [9.17, 15) is 14.7 Å². The van der Waals surface area contributed by atoms with Crippen molar-refractivity contribution in [1.29, 1.82) is 0 Å². The largest absolute Gasteiger partial charge is 0.506 e. The second-order valence-corrected chi connectivity index (χ2v) is 8.26. The van der Waals surface area contributed by atoms with Crippen LogP contribution >= 0.6 is 0 Å². The van der Waals surface area contributed by atoms with Crippen LogP contribution in [0.15, 0.2) is 46.3 Å². The van der Waals surface area contributed by atoms with Gasteiger partial charge >= 0.3 is 0 Å². The highest BCUT2D eigenvalue weighted by Gasteiger charge is 2.22. The number of benzene rings is 2. The van der Waals surface area contributed by atoms with Gasteiger partial charge in [0, 0.05) is 23.6 Å². The Morgan fingerprint density at radius 2 is 1.67 bits per heavy atom. The normalized spacial score (nSPS) is 11.1. The molecule has 9 heteroatoms. The molecule has 0 aliphatic carbocycles. The molecular weight excluding hydrogens is 462 g/mol. The predicted octanol–water partition coefficient (Wildman–Crippen LogP) is 4.47. The number of nitrogens with one attached hydrogen (secondary N) is 1. The number of rotatable bonds is 12. The van der Waals surface area contributed by atoms with Crippen molar-refractivity contribution >= 4 is 23.0 Å². The van der Waals surface area contributed by atoms with Crippen LogP contribution in [0.3, 0.4) is 0 Å². The number of aryl methyl sites for hydroxylation is 1. The minimum atomic E-state index is -0.807. The van der Waals surface area contributed by atoms with E-state index in [0.29, 0.717) is 40.3 Å². The summed E-state index contributed by atoms with van der Waals surface area (Å²) in [6, 6.07) is 10.3. The molecule has 2 aromatic carbocycles. The highest BCUT2D eigenvalue weighted by atomic mass is 16.5. The molecule has 1 heterocycles. The lowest BCUT2D eigenvalue weighted by atomic mass is 10.1. The van der Waals surface area contributed by atoms with Crippen LogP contribution in [0.25, 0.3) is 10.9 Å². The van der Waals surface area contributed by atoms with Gasteiger partial charge in [0.2, 0.25) is 0 Å². The summed E-state index contributed by atoms with van der Waals surface area (Å²) in [5.74, 6) is 0.212. The van der Waals surface area contributed by atoms with Crippen molar-refractivity contribution in [2.24, 2.45) is 5.10 Å². The number of aromatic hydroxyl groups is 1. The standard InChI is InChI=1S/C27H33N3O6/c1-5-6-7-8-11-14-30-20-13-10-9-12-19(20)25(31)24(27(30)33)26(32)29-28-17-18-15-22(35-3)23(36-4)16-21(18)34-2/h9-10,12-13,15-17,31H,5-8,11,14H2,1-4H3,(H,29,32). The van der Waals surface area contributed by atoms with Gasteiger partial charge < -0.3 is 23.9 Å². The van der Waals surface area contributed by atoms with Crippen LogP contribution in [0.1, 0.15) is 54.9 Å². The minimum Gasteiger partial charge on any atom is -0.506 e. The maximum Gasteiger partial charge on any atom is 0.280 e. The summed E-state index contributed by atoms with van der Waals surface area (Å²) in [6.45, 7) is 2.60. The fourth-order valence-corrected chi connectivity index (χ4v) is 4.06. The van der Waals surface area contributed by atoms with Crippen LogP contribution in [-0.4, -0.2) is 43.1 Å². The van der Waals surface area contributed by atoms with Crippen molar-refractivity contribution in [2.45, 2.75) is 45.6 Å². The van der Waals surface area contributed by atoms with Gasteiger partial charge in [0.15, 0.2) is 11.5 Å². The van der Waals surface area contributed by atoms with E-state index in [4.69, 9.17) is 14.2 Å². The lowest BCUT2D eigenvalue weighted by Crippen LogP contribution is -2.31. The molecule has 0 saturated carbocycles. The molecule has 3 aromatic rings. The monoisotopic (exact) mass is 495 g/mol. The van der Waals surface area contributed by atoms with Crippen LogP contribution in [0.4, 0.5) is 0 Å². The average Bonchev–Trinajstić information content (AvgIpc) is 2.89. The Hall–Kier alpha value is -4.01. The molecule has 0 saturated heterocycles. The van der Waals surface area contributed by atoms with Gasteiger partial charge in [-0.05, 0) is 24.6 Å². The maximum absolute atomic E-state index is 13.3.